The minimum absolute atomic E-state index is 0.111. The van der Waals surface area contributed by atoms with Gasteiger partial charge in [-0.2, -0.15) is 0 Å². The van der Waals surface area contributed by atoms with E-state index in [0.29, 0.717) is 44.0 Å². The number of aldehydes is 1. The molecule has 0 bridgehead atoms. The average molecular weight is 375 g/mol. The predicted molar refractivity (Wildman–Crippen MR) is 93.5 cm³/mol. The molecule has 144 valence electrons. The van der Waals surface area contributed by atoms with E-state index in [0.717, 1.165) is 0 Å². The number of rotatable bonds is 7. The Morgan fingerprint density at radius 1 is 1.30 bits per heavy atom. The van der Waals surface area contributed by atoms with E-state index in [-0.39, 0.29) is 30.4 Å². The first-order chi connectivity index (χ1) is 13.1. The van der Waals surface area contributed by atoms with Crippen LogP contribution in [-0.2, 0) is 14.4 Å². The number of hydrogen-bond acceptors (Lipinski definition) is 6. The quantitative estimate of drug-likeness (QED) is 0.547. The van der Waals surface area contributed by atoms with Crippen molar-refractivity contribution in [3.63, 3.8) is 0 Å². The van der Waals surface area contributed by atoms with Crippen molar-refractivity contribution in [1.29, 1.82) is 0 Å². The van der Waals surface area contributed by atoms with Crippen LogP contribution in [0.4, 0.5) is 0 Å². The minimum Gasteiger partial charge on any atom is -0.486 e. The normalized spacial score (nSPS) is 19.0. The number of ether oxygens (including phenoxy) is 2. The number of hydrogen-bond donors (Lipinski definition) is 3. The number of carbonyl (C=O) groups is 4. The van der Waals surface area contributed by atoms with Gasteiger partial charge in [0.15, 0.2) is 11.5 Å². The second-order valence-electron chi connectivity index (χ2n) is 6.33. The van der Waals surface area contributed by atoms with Gasteiger partial charge in [0.05, 0.1) is 18.2 Å². The highest BCUT2D eigenvalue weighted by Crippen LogP contribution is 2.33. The van der Waals surface area contributed by atoms with Crippen LogP contribution in [0.2, 0.25) is 0 Å². The van der Waals surface area contributed by atoms with Gasteiger partial charge in [0.1, 0.15) is 19.5 Å². The van der Waals surface area contributed by atoms with Crippen LogP contribution in [0.25, 0.3) is 0 Å². The standard InChI is InChI=1S/C18H21N3O6/c22-10-12(8-11-4-5-19-17(11)24)21-15(23)9-20-18(25)13-2-1-3-14-16(13)27-7-6-26-14/h1-3,10-12H,4-9H2,(H,19,24)(H,20,25)(H,21,23). The Morgan fingerprint density at radius 2 is 2.11 bits per heavy atom. The average Bonchev–Trinajstić information content (AvgIpc) is 3.09. The lowest BCUT2D eigenvalue weighted by molar-refractivity contribution is -0.125. The van der Waals surface area contributed by atoms with E-state index in [1.807, 2.05) is 0 Å². The van der Waals surface area contributed by atoms with Gasteiger partial charge in [0.2, 0.25) is 11.8 Å². The molecule has 1 saturated heterocycles. The van der Waals surface area contributed by atoms with Crippen molar-refractivity contribution in [3.05, 3.63) is 23.8 Å². The zero-order valence-electron chi connectivity index (χ0n) is 14.7. The molecular weight excluding hydrogens is 354 g/mol. The summed E-state index contributed by atoms with van der Waals surface area (Å²) < 4.78 is 10.9. The Kier molecular flexibility index (Phi) is 5.90. The molecule has 1 aromatic carbocycles. The van der Waals surface area contributed by atoms with Gasteiger partial charge in [0.25, 0.3) is 5.91 Å². The highest BCUT2D eigenvalue weighted by molar-refractivity contribution is 5.99. The summed E-state index contributed by atoms with van der Waals surface area (Å²) in [4.78, 5) is 47.2. The van der Waals surface area contributed by atoms with Crippen LogP contribution in [0, 0.1) is 5.92 Å². The van der Waals surface area contributed by atoms with Crippen molar-refractivity contribution in [2.24, 2.45) is 5.92 Å². The lowest BCUT2D eigenvalue weighted by Gasteiger charge is -2.20. The smallest absolute Gasteiger partial charge is 0.255 e. The molecule has 3 rings (SSSR count). The second kappa shape index (κ2) is 8.52. The highest BCUT2D eigenvalue weighted by atomic mass is 16.6. The number of fused-ring (bicyclic) bond motifs is 1. The zero-order valence-corrected chi connectivity index (χ0v) is 14.7. The van der Waals surface area contributed by atoms with Gasteiger partial charge < -0.3 is 30.2 Å². The molecule has 0 aliphatic carbocycles. The summed E-state index contributed by atoms with van der Waals surface area (Å²) in [5, 5.41) is 7.71. The minimum atomic E-state index is -0.774. The van der Waals surface area contributed by atoms with E-state index in [1.54, 1.807) is 18.2 Å². The Morgan fingerprint density at radius 3 is 2.85 bits per heavy atom. The molecule has 3 N–H and O–H groups in total. The molecule has 2 aliphatic rings. The molecule has 9 nitrogen and oxygen atoms in total. The van der Waals surface area contributed by atoms with E-state index in [4.69, 9.17) is 9.47 Å². The summed E-state index contributed by atoms with van der Waals surface area (Å²) in [5.74, 6) is -0.566. The summed E-state index contributed by atoms with van der Waals surface area (Å²) in [6.07, 6.45) is 1.48. The van der Waals surface area contributed by atoms with Crippen LogP contribution in [0.1, 0.15) is 23.2 Å². The third-order valence-electron chi connectivity index (χ3n) is 4.43. The van der Waals surface area contributed by atoms with E-state index in [2.05, 4.69) is 16.0 Å². The molecule has 9 heteroatoms. The Bertz CT molecular complexity index is 751. The number of carbonyl (C=O) groups excluding carboxylic acids is 4. The summed E-state index contributed by atoms with van der Waals surface area (Å²) in [6.45, 7) is 1.02. The molecule has 2 aliphatic heterocycles. The second-order valence-corrected chi connectivity index (χ2v) is 6.33. The summed E-state index contributed by atoms with van der Waals surface area (Å²) in [7, 11) is 0. The van der Waals surface area contributed by atoms with Crippen molar-refractivity contribution >= 4 is 24.0 Å². The summed E-state index contributed by atoms with van der Waals surface area (Å²) in [6, 6.07) is 4.17. The van der Waals surface area contributed by atoms with Crippen molar-refractivity contribution in [1.82, 2.24) is 16.0 Å². The monoisotopic (exact) mass is 375 g/mol. The van der Waals surface area contributed by atoms with Gasteiger partial charge in [-0.05, 0) is 25.0 Å². The van der Waals surface area contributed by atoms with E-state index < -0.39 is 17.9 Å². The van der Waals surface area contributed by atoms with Crippen molar-refractivity contribution in [3.8, 4) is 11.5 Å². The highest BCUT2D eigenvalue weighted by Gasteiger charge is 2.28. The third kappa shape index (κ3) is 4.55. The van der Waals surface area contributed by atoms with Crippen molar-refractivity contribution < 1.29 is 28.7 Å². The van der Waals surface area contributed by atoms with Crippen LogP contribution < -0.4 is 25.4 Å². The van der Waals surface area contributed by atoms with Crippen LogP contribution >= 0.6 is 0 Å². The first kappa shape index (κ1) is 18.7. The lowest BCUT2D eigenvalue weighted by Crippen LogP contribution is -2.44. The molecule has 1 aromatic rings. The maximum Gasteiger partial charge on any atom is 0.255 e. The number of nitrogens with one attached hydrogen (secondary N) is 3. The fourth-order valence-electron chi connectivity index (χ4n) is 3.09. The van der Waals surface area contributed by atoms with Gasteiger partial charge in [-0.3, -0.25) is 14.4 Å². The van der Waals surface area contributed by atoms with Gasteiger partial charge in [0, 0.05) is 12.5 Å². The fourth-order valence-corrected chi connectivity index (χ4v) is 3.09. The molecular formula is C18H21N3O6. The number of para-hydroxylation sites is 1. The van der Waals surface area contributed by atoms with E-state index in [9.17, 15) is 19.2 Å². The molecule has 3 amide bonds. The molecule has 2 unspecified atom stereocenters. The van der Waals surface area contributed by atoms with E-state index in [1.165, 1.54) is 0 Å². The Labute approximate surface area is 155 Å². The van der Waals surface area contributed by atoms with Gasteiger partial charge in [-0.25, -0.2) is 0 Å². The van der Waals surface area contributed by atoms with Crippen LogP contribution in [0.3, 0.4) is 0 Å². The van der Waals surface area contributed by atoms with Crippen LogP contribution in [0.5, 0.6) is 11.5 Å². The van der Waals surface area contributed by atoms with E-state index >= 15 is 0 Å². The number of benzene rings is 1. The lowest BCUT2D eigenvalue weighted by atomic mass is 9.99. The van der Waals surface area contributed by atoms with Gasteiger partial charge in [-0.1, -0.05) is 6.07 Å². The van der Waals surface area contributed by atoms with Crippen LogP contribution in [-0.4, -0.2) is 56.4 Å². The molecule has 0 aromatic heterocycles. The molecule has 2 heterocycles. The Hall–Kier alpha value is -3.10. The SMILES string of the molecule is O=CC(CC1CCNC1=O)NC(=O)CNC(=O)c1cccc2c1OCCO2. The molecule has 1 fully saturated rings. The molecule has 0 spiro atoms. The Balaban J connectivity index is 1.52. The summed E-state index contributed by atoms with van der Waals surface area (Å²) in [5.41, 5.74) is 0.273. The molecule has 27 heavy (non-hydrogen) atoms. The van der Waals surface area contributed by atoms with Gasteiger partial charge in [-0.15, -0.1) is 0 Å². The predicted octanol–water partition coefficient (Wildman–Crippen LogP) is -0.602. The first-order valence-corrected chi connectivity index (χ1v) is 8.77. The summed E-state index contributed by atoms with van der Waals surface area (Å²) >= 11 is 0. The zero-order chi connectivity index (χ0) is 19.2. The van der Waals surface area contributed by atoms with Crippen molar-refractivity contribution in [2.75, 3.05) is 26.3 Å². The first-order valence-electron chi connectivity index (χ1n) is 8.77. The topological polar surface area (TPSA) is 123 Å². The molecule has 0 radical (unpaired) electrons. The fraction of sp³-hybridized carbons (Fsp3) is 0.444. The largest absolute Gasteiger partial charge is 0.486 e. The molecule has 2 atom stereocenters. The number of amides is 3. The van der Waals surface area contributed by atoms with Crippen molar-refractivity contribution in [2.45, 2.75) is 18.9 Å². The maximum atomic E-state index is 12.3. The third-order valence-corrected chi connectivity index (χ3v) is 4.43. The molecule has 0 saturated carbocycles. The maximum absolute atomic E-state index is 12.3. The van der Waals surface area contributed by atoms with Gasteiger partial charge >= 0.3 is 0 Å². The van der Waals surface area contributed by atoms with Crippen LogP contribution in [0.15, 0.2) is 18.2 Å².